The molecule has 1 amide bonds. The van der Waals surface area contributed by atoms with E-state index in [2.05, 4.69) is 4.90 Å². The lowest BCUT2D eigenvalue weighted by atomic mass is 10.2. The fourth-order valence-corrected chi connectivity index (χ4v) is 2.38. The molecule has 0 atom stereocenters. The van der Waals surface area contributed by atoms with E-state index in [-0.39, 0.29) is 6.79 Å². The molecule has 0 saturated carbocycles. The van der Waals surface area contributed by atoms with Crippen LogP contribution in [-0.4, -0.2) is 49.7 Å². The van der Waals surface area contributed by atoms with E-state index in [1.807, 2.05) is 18.2 Å². The van der Waals surface area contributed by atoms with Gasteiger partial charge in [-0.25, -0.2) is 0 Å². The molecule has 2 aliphatic heterocycles. The lowest BCUT2D eigenvalue weighted by molar-refractivity contribution is -0.301. The van der Waals surface area contributed by atoms with E-state index >= 15 is 0 Å². The molecule has 1 saturated heterocycles. The van der Waals surface area contributed by atoms with E-state index in [0.29, 0.717) is 31.9 Å². The highest BCUT2D eigenvalue weighted by Gasteiger charge is 2.23. The standard InChI is InChI=1S/C13H14N2O5/c16-12(13(17)18)15-5-3-14(4-6-15)9-1-2-10-11(7-9)20-8-19-10/h1-2,7H,3-6,8H2,(H,17,18)/p-1. The molecule has 3 rings (SSSR count). The van der Waals surface area contributed by atoms with Crippen molar-refractivity contribution >= 4 is 17.6 Å². The Hall–Kier alpha value is -2.44. The minimum atomic E-state index is -1.65. The minimum Gasteiger partial charge on any atom is -0.540 e. The third-order valence-corrected chi connectivity index (χ3v) is 3.46. The van der Waals surface area contributed by atoms with Crippen molar-refractivity contribution in [1.29, 1.82) is 0 Å². The number of hydrogen-bond acceptors (Lipinski definition) is 6. The van der Waals surface area contributed by atoms with Gasteiger partial charge in [-0.1, -0.05) is 0 Å². The van der Waals surface area contributed by atoms with Gasteiger partial charge in [-0.2, -0.15) is 0 Å². The number of ether oxygens (including phenoxy) is 2. The van der Waals surface area contributed by atoms with E-state index in [1.165, 1.54) is 4.90 Å². The summed E-state index contributed by atoms with van der Waals surface area (Å²) in [6.45, 7) is 2.09. The van der Waals surface area contributed by atoms with Crippen molar-refractivity contribution in [3.8, 4) is 11.5 Å². The van der Waals surface area contributed by atoms with Gasteiger partial charge in [-0.05, 0) is 12.1 Å². The second-order valence-corrected chi connectivity index (χ2v) is 4.60. The third kappa shape index (κ3) is 2.22. The smallest absolute Gasteiger partial charge is 0.269 e. The van der Waals surface area contributed by atoms with E-state index in [9.17, 15) is 14.7 Å². The van der Waals surface area contributed by atoms with Gasteiger partial charge < -0.3 is 29.2 Å². The molecule has 0 N–H and O–H groups in total. The van der Waals surface area contributed by atoms with Gasteiger partial charge in [0.1, 0.15) is 5.97 Å². The summed E-state index contributed by atoms with van der Waals surface area (Å²) in [6.07, 6.45) is 0. The molecule has 20 heavy (non-hydrogen) atoms. The summed E-state index contributed by atoms with van der Waals surface area (Å²) in [7, 11) is 0. The highest BCUT2D eigenvalue weighted by atomic mass is 16.7. The Balaban J connectivity index is 1.66. The van der Waals surface area contributed by atoms with Crippen molar-refractivity contribution in [2.45, 2.75) is 0 Å². The lowest BCUT2D eigenvalue weighted by Crippen LogP contribution is -2.53. The number of aliphatic carboxylic acids is 1. The third-order valence-electron chi connectivity index (χ3n) is 3.46. The van der Waals surface area contributed by atoms with Gasteiger partial charge in [0.2, 0.25) is 6.79 Å². The van der Waals surface area contributed by atoms with Crippen LogP contribution in [0, 0.1) is 0 Å². The Morgan fingerprint density at radius 3 is 2.45 bits per heavy atom. The maximum atomic E-state index is 11.3. The molecule has 7 heteroatoms. The van der Waals surface area contributed by atoms with Crippen LogP contribution in [0.15, 0.2) is 18.2 Å². The van der Waals surface area contributed by atoms with Crippen molar-refractivity contribution in [3.63, 3.8) is 0 Å². The molecule has 2 heterocycles. The van der Waals surface area contributed by atoms with Crippen molar-refractivity contribution in [1.82, 2.24) is 4.90 Å². The molecule has 0 aliphatic carbocycles. The summed E-state index contributed by atoms with van der Waals surface area (Å²) in [4.78, 5) is 25.2. The predicted octanol–water partition coefficient (Wildman–Crippen LogP) is -1.19. The largest absolute Gasteiger partial charge is 0.540 e. The number of carboxylic acid groups (broad SMARTS) is 1. The molecule has 0 aromatic heterocycles. The topological polar surface area (TPSA) is 82.1 Å². The number of carboxylic acids is 1. The van der Waals surface area contributed by atoms with Crippen LogP contribution in [-0.2, 0) is 9.59 Å². The van der Waals surface area contributed by atoms with E-state index < -0.39 is 11.9 Å². The van der Waals surface area contributed by atoms with Gasteiger partial charge in [0.05, 0.1) is 0 Å². The second-order valence-electron chi connectivity index (χ2n) is 4.60. The molecular weight excluding hydrogens is 264 g/mol. The molecular formula is C13H13N2O5-. The number of anilines is 1. The zero-order valence-corrected chi connectivity index (χ0v) is 10.7. The molecule has 1 fully saturated rings. The molecule has 0 radical (unpaired) electrons. The normalized spacial score (nSPS) is 17.2. The average molecular weight is 277 g/mol. The van der Waals surface area contributed by atoms with Crippen LogP contribution >= 0.6 is 0 Å². The molecule has 0 unspecified atom stereocenters. The molecule has 0 bridgehead atoms. The van der Waals surface area contributed by atoms with Crippen LogP contribution < -0.4 is 19.5 Å². The molecule has 1 aromatic carbocycles. The summed E-state index contributed by atoms with van der Waals surface area (Å²) in [6, 6.07) is 5.65. The van der Waals surface area contributed by atoms with Crippen LogP contribution in [0.25, 0.3) is 0 Å². The van der Waals surface area contributed by atoms with Gasteiger partial charge in [0.15, 0.2) is 11.5 Å². The monoisotopic (exact) mass is 277 g/mol. The van der Waals surface area contributed by atoms with Crippen LogP contribution in [0.1, 0.15) is 0 Å². The van der Waals surface area contributed by atoms with E-state index in [0.717, 1.165) is 11.4 Å². The van der Waals surface area contributed by atoms with E-state index in [4.69, 9.17) is 9.47 Å². The van der Waals surface area contributed by atoms with Gasteiger partial charge in [0.25, 0.3) is 5.91 Å². The van der Waals surface area contributed by atoms with Crippen molar-refractivity contribution in [2.24, 2.45) is 0 Å². The van der Waals surface area contributed by atoms with Crippen LogP contribution in [0.4, 0.5) is 5.69 Å². The first kappa shape index (κ1) is 12.6. The number of nitrogens with zero attached hydrogens (tertiary/aromatic N) is 2. The Bertz CT molecular complexity index is 552. The summed E-state index contributed by atoms with van der Waals surface area (Å²) < 4.78 is 10.6. The van der Waals surface area contributed by atoms with E-state index in [1.54, 1.807) is 0 Å². The Morgan fingerprint density at radius 2 is 1.75 bits per heavy atom. The van der Waals surface area contributed by atoms with Crippen molar-refractivity contribution in [3.05, 3.63) is 18.2 Å². The number of rotatable bonds is 1. The number of hydrogen-bond donors (Lipinski definition) is 0. The summed E-state index contributed by atoms with van der Waals surface area (Å²) in [5.74, 6) is -1.17. The molecule has 2 aliphatic rings. The van der Waals surface area contributed by atoms with Gasteiger partial charge in [-0.15, -0.1) is 0 Å². The summed E-state index contributed by atoms with van der Waals surface area (Å²) in [5.41, 5.74) is 0.967. The van der Waals surface area contributed by atoms with Gasteiger partial charge >= 0.3 is 0 Å². The maximum Gasteiger partial charge on any atom is 0.269 e. The van der Waals surface area contributed by atoms with Crippen molar-refractivity contribution < 1.29 is 24.2 Å². The summed E-state index contributed by atoms with van der Waals surface area (Å²) >= 11 is 0. The zero-order chi connectivity index (χ0) is 14.1. The number of benzene rings is 1. The first-order valence-corrected chi connectivity index (χ1v) is 6.30. The zero-order valence-electron chi connectivity index (χ0n) is 10.7. The fourth-order valence-electron chi connectivity index (χ4n) is 2.38. The first-order chi connectivity index (χ1) is 9.65. The minimum absolute atomic E-state index is 0.229. The van der Waals surface area contributed by atoms with Crippen molar-refractivity contribution in [2.75, 3.05) is 37.9 Å². The Morgan fingerprint density at radius 1 is 1.05 bits per heavy atom. The number of piperazine rings is 1. The average Bonchev–Trinajstić information content (AvgIpc) is 2.94. The fraction of sp³-hybridized carbons (Fsp3) is 0.385. The predicted molar refractivity (Wildman–Crippen MR) is 66.4 cm³/mol. The first-order valence-electron chi connectivity index (χ1n) is 6.30. The maximum absolute atomic E-state index is 11.3. The van der Waals surface area contributed by atoms with Crippen LogP contribution in [0.2, 0.25) is 0 Å². The highest BCUT2D eigenvalue weighted by Crippen LogP contribution is 2.35. The Kier molecular flexibility index (Phi) is 3.09. The lowest BCUT2D eigenvalue weighted by Gasteiger charge is -2.36. The number of carbonyl (C=O) groups is 2. The number of amides is 1. The van der Waals surface area contributed by atoms with Gasteiger partial charge in [-0.3, -0.25) is 4.79 Å². The molecule has 1 aromatic rings. The molecule has 106 valence electrons. The highest BCUT2D eigenvalue weighted by molar-refractivity contribution is 6.30. The van der Waals surface area contributed by atoms with Gasteiger partial charge in [0, 0.05) is 37.9 Å². The second kappa shape index (κ2) is 4.92. The SMILES string of the molecule is O=C([O-])C(=O)N1CCN(c2ccc3c(c2)OCO3)CC1. The number of fused-ring (bicyclic) bond motifs is 1. The molecule has 7 nitrogen and oxygen atoms in total. The van der Waals surface area contributed by atoms with Crippen LogP contribution in [0.3, 0.4) is 0 Å². The summed E-state index contributed by atoms with van der Waals surface area (Å²) in [5, 5.41) is 10.5. The van der Waals surface area contributed by atoms with Crippen LogP contribution in [0.5, 0.6) is 11.5 Å². The number of carbonyl (C=O) groups excluding carboxylic acids is 2. The quantitative estimate of drug-likeness (QED) is 0.601. The Labute approximate surface area is 115 Å². The molecule has 0 spiro atoms.